The number of sulfonamides is 1. The molecule has 1 atom stereocenters. The summed E-state index contributed by atoms with van der Waals surface area (Å²) in [6, 6.07) is 6.72. The molecule has 140 valence electrons. The molecular weight excluding hydrogens is 336 g/mol. The Balaban J connectivity index is 2.04. The molecule has 0 aromatic heterocycles. The fourth-order valence-corrected chi connectivity index (χ4v) is 4.88. The zero-order valence-electron chi connectivity index (χ0n) is 15.5. The molecule has 1 unspecified atom stereocenters. The van der Waals surface area contributed by atoms with E-state index in [2.05, 4.69) is 5.32 Å². The third-order valence-corrected chi connectivity index (χ3v) is 7.12. The Morgan fingerprint density at radius 1 is 1.12 bits per heavy atom. The summed E-state index contributed by atoms with van der Waals surface area (Å²) >= 11 is 0. The first-order chi connectivity index (χ1) is 11.9. The molecule has 0 aliphatic heterocycles. The van der Waals surface area contributed by atoms with Gasteiger partial charge in [-0.15, -0.1) is 0 Å². The summed E-state index contributed by atoms with van der Waals surface area (Å²) in [5.74, 6) is 0.241. The lowest BCUT2D eigenvalue weighted by Crippen LogP contribution is -2.34. The first-order valence-corrected chi connectivity index (χ1v) is 10.7. The highest BCUT2D eigenvalue weighted by atomic mass is 32.2. The molecule has 1 fully saturated rings. The van der Waals surface area contributed by atoms with E-state index in [-0.39, 0.29) is 17.9 Å². The average Bonchev–Trinajstić information content (AvgIpc) is 2.63. The highest BCUT2D eigenvalue weighted by Gasteiger charge is 2.24. The fourth-order valence-electron chi connectivity index (χ4n) is 3.42. The molecule has 0 heterocycles. The Bertz CT molecular complexity index is 660. The monoisotopic (exact) mass is 366 g/mol. The second-order valence-electron chi connectivity index (χ2n) is 6.72. The van der Waals surface area contributed by atoms with Crippen LogP contribution in [0.15, 0.2) is 29.2 Å². The topological polar surface area (TPSA) is 66.5 Å². The molecule has 2 rings (SSSR count). The molecular formula is C19H30N2O3S. The van der Waals surface area contributed by atoms with Gasteiger partial charge in [0.2, 0.25) is 15.9 Å². The van der Waals surface area contributed by atoms with Crippen molar-refractivity contribution in [3.05, 3.63) is 29.8 Å². The number of carbonyl (C=O) groups excluding carboxylic acids is 1. The van der Waals surface area contributed by atoms with Gasteiger partial charge in [0.15, 0.2) is 0 Å². The van der Waals surface area contributed by atoms with Crippen LogP contribution in [0.1, 0.15) is 64.5 Å². The van der Waals surface area contributed by atoms with Crippen molar-refractivity contribution in [3.63, 3.8) is 0 Å². The molecule has 5 nitrogen and oxygen atoms in total. The highest BCUT2D eigenvalue weighted by molar-refractivity contribution is 7.89. The molecule has 1 aromatic rings. The maximum Gasteiger partial charge on any atom is 0.243 e. The molecule has 1 saturated carbocycles. The fraction of sp³-hybridized carbons (Fsp3) is 0.632. The normalized spacial score (nSPS) is 17.4. The minimum Gasteiger partial charge on any atom is -0.349 e. The van der Waals surface area contributed by atoms with Crippen molar-refractivity contribution in [2.75, 3.05) is 13.1 Å². The van der Waals surface area contributed by atoms with Crippen LogP contribution in [0.3, 0.4) is 0 Å². The van der Waals surface area contributed by atoms with E-state index in [1.54, 1.807) is 24.3 Å². The van der Waals surface area contributed by atoms with Gasteiger partial charge < -0.3 is 5.32 Å². The largest absolute Gasteiger partial charge is 0.349 e. The number of hydrogen-bond acceptors (Lipinski definition) is 3. The zero-order chi connectivity index (χ0) is 18.4. The summed E-state index contributed by atoms with van der Waals surface area (Å²) in [6.45, 7) is 6.51. The molecule has 1 aromatic carbocycles. The Labute approximate surface area is 151 Å². The zero-order valence-corrected chi connectivity index (χ0v) is 16.3. The van der Waals surface area contributed by atoms with Crippen molar-refractivity contribution in [1.29, 1.82) is 0 Å². The SMILES string of the molecule is CCN(CC)S(=O)(=O)c1ccc(C(C)NC(=O)C2CCCCC2)cc1. The predicted molar refractivity (Wildman–Crippen MR) is 99.7 cm³/mol. The van der Waals surface area contributed by atoms with Gasteiger partial charge in [0.25, 0.3) is 0 Å². The summed E-state index contributed by atoms with van der Waals surface area (Å²) in [5.41, 5.74) is 0.919. The first-order valence-electron chi connectivity index (χ1n) is 9.30. The molecule has 0 saturated heterocycles. The third-order valence-electron chi connectivity index (χ3n) is 5.06. The second kappa shape index (κ2) is 8.81. The maximum atomic E-state index is 12.5. The number of hydrogen-bond donors (Lipinski definition) is 1. The van der Waals surface area contributed by atoms with Gasteiger partial charge in [0, 0.05) is 19.0 Å². The molecule has 1 aliphatic rings. The lowest BCUT2D eigenvalue weighted by molar-refractivity contribution is -0.126. The smallest absolute Gasteiger partial charge is 0.243 e. The first kappa shape index (κ1) is 19.9. The molecule has 1 aliphatic carbocycles. The van der Waals surface area contributed by atoms with Gasteiger partial charge in [-0.05, 0) is 37.5 Å². The van der Waals surface area contributed by atoms with E-state index in [1.165, 1.54) is 10.7 Å². The van der Waals surface area contributed by atoms with Crippen molar-refractivity contribution < 1.29 is 13.2 Å². The summed E-state index contributed by atoms with van der Waals surface area (Å²) < 4.78 is 26.5. The van der Waals surface area contributed by atoms with E-state index >= 15 is 0 Å². The van der Waals surface area contributed by atoms with E-state index in [0.717, 1.165) is 31.2 Å². The average molecular weight is 367 g/mol. The second-order valence-corrected chi connectivity index (χ2v) is 8.66. The lowest BCUT2D eigenvalue weighted by atomic mass is 9.88. The van der Waals surface area contributed by atoms with Crippen LogP contribution < -0.4 is 5.32 Å². The van der Waals surface area contributed by atoms with Gasteiger partial charge in [0.05, 0.1) is 10.9 Å². The number of amides is 1. The predicted octanol–water partition coefficient (Wildman–Crippen LogP) is 3.47. The number of nitrogens with one attached hydrogen (secondary N) is 1. The van der Waals surface area contributed by atoms with Crippen LogP contribution in [-0.2, 0) is 14.8 Å². The summed E-state index contributed by atoms with van der Waals surface area (Å²) in [5, 5.41) is 3.07. The van der Waals surface area contributed by atoms with Crippen molar-refractivity contribution >= 4 is 15.9 Å². The van der Waals surface area contributed by atoms with E-state index in [4.69, 9.17) is 0 Å². The van der Waals surface area contributed by atoms with Crippen molar-refractivity contribution in [3.8, 4) is 0 Å². The highest BCUT2D eigenvalue weighted by Crippen LogP contribution is 2.25. The molecule has 25 heavy (non-hydrogen) atoms. The van der Waals surface area contributed by atoms with Gasteiger partial charge in [-0.2, -0.15) is 4.31 Å². The Hall–Kier alpha value is -1.40. The lowest BCUT2D eigenvalue weighted by Gasteiger charge is -2.23. The van der Waals surface area contributed by atoms with Crippen molar-refractivity contribution in [2.24, 2.45) is 5.92 Å². The van der Waals surface area contributed by atoms with Gasteiger partial charge >= 0.3 is 0 Å². The number of benzene rings is 1. The summed E-state index contributed by atoms with van der Waals surface area (Å²) in [6.07, 6.45) is 5.43. The van der Waals surface area contributed by atoms with Gasteiger partial charge in [-0.1, -0.05) is 45.2 Å². The number of carbonyl (C=O) groups is 1. The van der Waals surface area contributed by atoms with Crippen LogP contribution >= 0.6 is 0 Å². The summed E-state index contributed by atoms with van der Waals surface area (Å²) in [7, 11) is -3.44. The van der Waals surface area contributed by atoms with Crippen LogP contribution in [0.5, 0.6) is 0 Å². The maximum absolute atomic E-state index is 12.5. The minimum absolute atomic E-state index is 0.118. The van der Waals surface area contributed by atoms with Gasteiger partial charge in [-0.3, -0.25) is 4.79 Å². The molecule has 1 amide bonds. The van der Waals surface area contributed by atoms with Crippen LogP contribution in [0, 0.1) is 5.92 Å². The van der Waals surface area contributed by atoms with E-state index in [0.29, 0.717) is 18.0 Å². The molecule has 0 radical (unpaired) electrons. The van der Waals surface area contributed by atoms with Crippen LogP contribution in [0.25, 0.3) is 0 Å². The van der Waals surface area contributed by atoms with Crippen LogP contribution in [0.4, 0.5) is 0 Å². The number of rotatable bonds is 7. The molecule has 0 bridgehead atoms. The van der Waals surface area contributed by atoms with E-state index in [1.807, 2.05) is 20.8 Å². The third kappa shape index (κ3) is 4.82. The van der Waals surface area contributed by atoms with E-state index < -0.39 is 10.0 Å². The Morgan fingerprint density at radius 2 is 1.68 bits per heavy atom. The number of nitrogens with zero attached hydrogens (tertiary/aromatic N) is 1. The van der Waals surface area contributed by atoms with Crippen molar-refractivity contribution in [2.45, 2.75) is 63.8 Å². The molecule has 6 heteroatoms. The standard InChI is InChI=1S/C19H30N2O3S/c1-4-21(5-2)25(23,24)18-13-11-16(12-14-18)15(3)20-19(22)17-9-7-6-8-10-17/h11-15,17H,4-10H2,1-3H3,(H,20,22). The van der Waals surface area contributed by atoms with E-state index in [9.17, 15) is 13.2 Å². The van der Waals surface area contributed by atoms with Gasteiger partial charge in [0.1, 0.15) is 0 Å². The quantitative estimate of drug-likeness (QED) is 0.803. The Morgan fingerprint density at radius 3 is 2.20 bits per heavy atom. The Kier molecular flexibility index (Phi) is 7.02. The van der Waals surface area contributed by atoms with Crippen LogP contribution in [0.2, 0.25) is 0 Å². The van der Waals surface area contributed by atoms with Crippen LogP contribution in [-0.4, -0.2) is 31.7 Å². The van der Waals surface area contributed by atoms with Gasteiger partial charge in [-0.25, -0.2) is 8.42 Å². The van der Waals surface area contributed by atoms with Crippen molar-refractivity contribution in [1.82, 2.24) is 9.62 Å². The molecule has 0 spiro atoms. The minimum atomic E-state index is -3.44. The molecule has 1 N–H and O–H groups in total. The summed E-state index contributed by atoms with van der Waals surface area (Å²) in [4.78, 5) is 12.7.